The van der Waals surface area contributed by atoms with Crippen molar-refractivity contribution >= 4 is 23.4 Å². The molecule has 6 heteroatoms. The van der Waals surface area contributed by atoms with Gasteiger partial charge in [-0.1, -0.05) is 36.4 Å². The van der Waals surface area contributed by atoms with Crippen LogP contribution < -0.4 is 10.6 Å². The van der Waals surface area contributed by atoms with Gasteiger partial charge in [0.1, 0.15) is 0 Å². The Kier molecular flexibility index (Phi) is 7.00. The summed E-state index contributed by atoms with van der Waals surface area (Å²) in [4.78, 5) is 38.0. The second kappa shape index (κ2) is 9.87. The smallest absolute Gasteiger partial charge is 0.251 e. The van der Waals surface area contributed by atoms with Gasteiger partial charge < -0.3 is 15.5 Å². The Balaban J connectivity index is 1.45. The van der Waals surface area contributed by atoms with Crippen LogP contribution in [0.15, 0.2) is 54.6 Å². The minimum Gasteiger partial charge on any atom is -0.349 e. The average molecular weight is 393 g/mol. The molecule has 3 rings (SSSR count). The molecule has 0 saturated carbocycles. The number of aryl methyl sites for hydroxylation is 1. The van der Waals surface area contributed by atoms with Crippen LogP contribution in [0.1, 0.15) is 42.1 Å². The first kappa shape index (κ1) is 20.6. The van der Waals surface area contributed by atoms with Gasteiger partial charge in [-0.05, 0) is 43.0 Å². The topological polar surface area (TPSA) is 78.5 Å². The van der Waals surface area contributed by atoms with Crippen molar-refractivity contribution in [2.75, 3.05) is 18.4 Å². The lowest BCUT2D eigenvalue weighted by Crippen LogP contribution is -2.46. The Bertz CT molecular complexity index is 859. The van der Waals surface area contributed by atoms with Crippen LogP contribution in [0.5, 0.6) is 0 Å². The second-order valence-electron chi connectivity index (χ2n) is 7.38. The molecule has 1 aliphatic rings. The zero-order valence-electron chi connectivity index (χ0n) is 16.7. The van der Waals surface area contributed by atoms with Crippen LogP contribution in [0.4, 0.5) is 5.69 Å². The Morgan fingerprint density at radius 1 is 1.00 bits per heavy atom. The van der Waals surface area contributed by atoms with Crippen LogP contribution in [-0.2, 0) is 16.0 Å². The van der Waals surface area contributed by atoms with E-state index < -0.39 is 0 Å². The number of amides is 3. The fourth-order valence-electron chi connectivity index (χ4n) is 3.54. The summed E-state index contributed by atoms with van der Waals surface area (Å²) in [6.45, 7) is 2.75. The maximum absolute atomic E-state index is 12.5. The van der Waals surface area contributed by atoms with Gasteiger partial charge in [-0.3, -0.25) is 14.4 Å². The Labute approximate surface area is 171 Å². The van der Waals surface area contributed by atoms with Gasteiger partial charge in [0.05, 0.1) is 0 Å². The van der Waals surface area contributed by atoms with Gasteiger partial charge in [-0.25, -0.2) is 0 Å². The third kappa shape index (κ3) is 6.17. The molecule has 0 spiro atoms. The van der Waals surface area contributed by atoms with E-state index in [4.69, 9.17) is 0 Å². The highest BCUT2D eigenvalue weighted by atomic mass is 16.2. The summed E-state index contributed by atoms with van der Waals surface area (Å²) in [7, 11) is 0. The predicted octanol–water partition coefficient (Wildman–Crippen LogP) is 3.00. The van der Waals surface area contributed by atoms with Crippen molar-refractivity contribution in [2.24, 2.45) is 0 Å². The van der Waals surface area contributed by atoms with Gasteiger partial charge in [0, 0.05) is 43.7 Å². The standard InChI is InChI=1S/C23H27N3O3/c1-17(27)24-21-9-5-8-19(16-21)23(29)25-20-12-14-26(15-13-20)22(28)11-10-18-6-3-2-4-7-18/h2-9,16,20H,10-15H2,1H3,(H,24,27)(H,25,29). The first-order chi connectivity index (χ1) is 14.0. The highest BCUT2D eigenvalue weighted by molar-refractivity contribution is 5.97. The summed E-state index contributed by atoms with van der Waals surface area (Å²) in [6, 6.07) is 16.9. The van der Waals surface area contributed by atoms with Crippen molar-refractivity contribution in [3.05, 3.63) is 65.7 Å². The van der Waals surface area contributed by atoms with Crippen LogP contribution in [-0.4, -0.2) is 41.8 Å². The lowest BCUT2D eigenvalue weighted by atomic mass is 10.0. The molecule has 0 radical (unpaired) electrons. The van der Waals surface area contributed by atoms with E-state index in [1.54, 1.807) is 24.3 Å². The molecule has 0 aliphatic carbocycles. The van der Waals surface area contributed by atoms with Gasteiger partial charge in [0.2, 0.25) is 11.8 Å². The summed E-state index contributed by atoms with van der Waals surface area (Å²) in [5, 5.41) is 5.73. The Morgan fingerprint density at radius 2 is 1.72 bits per heavy atom. The first-order valence-electron chi connectivity index (χ1n) is 10.0. The molecule has 152 valence electrons. The number of anilines is 1. The van der Waals surface area contributed by atoms with Crippen LogP contribution in [0.25, 0.3) is 0 Å². The maximum atomic E-state index is 12.5. The van der Waals surface area contributed by atoms with Gasteiger partial charge in [-0.15, -0.1) is 0 Å². The number of benzene rings is 2. The minimum absolute atomic E-state index is 0.0464. The molecule has 3 amide bonds. The quantitative estimate of drug-likeness (QED) is 0.792. The molecule has 2 N–H and O–H groups in total. The van der Waals surface area contributed by atoms with Crippen molar-refractivity contribution in [3.63, 3.8) is 0 Å². The summed E-state index contributed by atoms with van der Waals surface area (Å²) in [5.74, 6) is -0.167. The normalized spacial score (nSPS) is 14.3. The molecular formula is C23H27N3O3. The Morgan fingerprint density at radius 3 is 2.41 bits per heavy atom. The zero-order chi connectivity index (χ0) is 20.6. The zero-order valence-corrected chi connectivity index (χ0v) is 16.7. The van der Waals surface area contributed by atoms with Crippen LogP contribution in [0, 0.1) is 0 Å². The SMILES string of the molecule is CC(=O)Nc1cccc(C(=O)NC2CCN(C(=O)CCc3ccccc3)CC2)c1. The highest BCUT2D eigenvalue weighted by Crippen LogP contribution is 2.15. The Hall–Kier alpha value is -3.15. The minimum atomic E-state index is -0.174. The van der Waals surface area contributed by atoms with E-state index in [1.165, 1.54) is 12.5 Å². The lowest BCUT2D eigenvalue weighted by Gasteiger charge is -2.32. The molecule has 0 unspecified atom stereocenters. The molecule has 0 bridgehead atoms. The molecule has 1 aliphatic heterocycles. The third-order valence-corrected chi connectivity index (χ3v) is 5.10. The second-order valence-corrected chi connectivity index (χ2v) is 7.38. The number of piperidine rings is 1. The van der Waals surface area contributed by atoms with Crippen LogP contribution in [0.2, 0.25) is 0 Å². The molecule has 1 fully saturated rings. The van der Waals surface area contributed by atoms with Gasteiger partial charge >= 0.3 is 0 Å². The van der Waals surface area contributed by atoms with Crippen molar-refractivity contribution in [3.8, 4) is 0 Å². The fraction of sp³-hybridized carbons (Fsp3) is 0.348. The largest absolute Gasteiger partial charge is 0.349 e. The number of hydrogen-bond acceptors (Lipinski definition) is 3. The molecule has 0 atom stereocenters. The number of carbonyl (C=O) groups is 3. The summed E-state index contributed by atoms with van der Waals surface area (Å²) >= 11 is 0. The van der Waals surface area contributed by atoms with Crippen molar-refractivity contribution in [2.45, 2.75) is 38.6 Å². The van der Waals surface area contributed by atoms with Crippen LogP contribution >= 0.6 is 0 Å². The van der Waals surface area contributed by atoms with E-state index in [9.17, 15) is 14.4 Å². The van der Waals surface area contributed by atoms with E-state index in [0.29, 0.717) is 30.8 Å². The molecule has 2 aromatic carbocycles. The summed E-state index contributed by atoms with van der Waals surface area (Å²) < 4.78 is 0. The van der Waals surface area contributed by atoms with Crippen molar-refractivity contribution in [1.82, 2.24) is 10.2 Å². The third-order valence-electron chi connectivity index (χ3n) is 5.10. The van der Waals surface area contributed by atoms with E-state index in [2.05, 4.69) is 10.6 Å². The van der Waals surface area contributed by atoms with Gasteiger partial charge in [-0.2, -0.15) is 0 Å². The number of carbonyl (C=O) groups excluding carboxylic acids is 3. The number of likely N-dealkylation sites (tertiary alicyclic amines) is 1. The monoisotopic (exact) mass is 393 g/mol. The first-order valence-corrected chi connectivity index (χ1v) is 10.0. The summed E-state index contributed by atoms with van der Waals surface area (Å²) in [6.07, 6.45) is 2.75. The van der Waals surface area contributed by atoms with Crippen molar-refractivity contribution in [1.29, 1.82) is 0 Å². The number of hydrogen-bond donors (Lipinski definition) is 2. The fourth-order valence-corrected chi connectivity index (χ4v) is 3.54. The lowest BCUT2D eigenvalue weighted by molar-refractivity contribution is -0.132. The molecule has 0 aromatic heterocycles. The van der Waals surface area contributed by atoms with Gasteiger partial charge in [0.15, 0.2) is 0 Å². The predicted molar refractivity (Wildman–Crippen MR) is 113 cm³/mol. The van der Waals surface area contributed by atoms with E-state index in [-0.39, 0.29) is 23.8 Å². The van der Waals surface area contributed by atoms with Crippen molar-refractivity contribution < 1.29 is 14.4 Å². The van der Waals surface area contributed by atoms with E-state index in [0.717, 1.165) is 19.3 Å². The highest BCUT2D eigenvalue weighted by Gasteiger charge is 2.24. The maximum Gasteiger partial charge on any atom is 0.251 e. The average Bonchev–Trinajstić information content (AvgIpc) is 2.73. The molecule has 2 aromatic rings. The van der Waals surface area contributed by atoms with E-state index >= 15 is 0 Å². The number of rotatable bonds is 6. The number of nitrogens with zero attached hydrogens (tertiary/aromatic N) is 1. The van der Waals surface area contributed by atoms with E-state index in [1.807, 2.05) is 35.2 Å². The molecular weight excluding hydrogens is 366 g/mol. The number of nitrogens with one attached hydrogen (secondary N) is 2. The molecule has 1 saturated heterocycles. The molecule has 1 heterocycles. The van der Waals surface area contributed by atoms with Crippen LogP contribution in [0.3, 0.4) is 0 Å². The molecule has 29 heavy (non-hydrogen) atoms. The van der Waals surface area contributed by atoms with Gasteiger partial charge in [0.25, 0.3) is 5.91 Å². The molecule has 6 nitrogen and oxygen atoms in total. The summed E-state index contributed by atoms with van der Waals surface area (Å²) in [5.41, 5.74) is 2.28.